The van der Waals surface area contributed by atoms with Gasteiger partial charge in [-0.3, -0.25) is 9.59 Å². The van der Waals surface area contributed by atoms with Crippen LogP contribution in [0.3, 0.4) is 0 Å². The molecule has 0 bridgehead atoms. The molecule has 0 aromatic heterocycles. The molecule has 1 atom stereocenters. The Balaban J connectivity index is 2.05. The third-order valence-corrected chi connectivity index (χ3v) is 5.25. The number of benzene rings is 1. The third-order valence-electron chi connectivity index (χ3n) is 4.51. The molecular weight excluding hydrogens is 320 g/mol. The van der Waals surface area contributed by atoms with Crippen LogP contribution in [-0.4, -0.2) is 46.5 Å². The summed E-state index contributed by atoms with van der Waals surface area (Å²) in [7, 11) is 0. The van der Waals surface area contributed by atoms with Crippen LogP contribution < -0.4 is 0 Å². The average Bonchev–Trinajstić information content (AvgIpc) is 2.94. The Labute approximate surface area is 149 Å². The van der Waals surface area contributed by atoms with E-state index in [0.29, 0.717) is 26.1 Å². The molecule has 1 aliphatic heterocycles. The number of likely N-dealkylation sites (tertiary alicyclic amines) is 1. The summed E-state index contributed by atoms with van der Waals surface area (Å²) in [6.07, 6.45) is 2.38. The number of hydrogen-bond donors (Lipinski definition) is 0. The highest BCUT2D eigenvalue weighted by Crippen LogP contribution is 2.27. The highest BCUT2D eigenvalue weighted by atomic mass is 32.2. The lowest BCUT2D eigenvalue weighted by Crippen LogP contribution is -2.43. The van der Waals surface area contributed by atoms with Gasteiger partial charge in [0.05, 0.1) is 5.92 Å². The predicted octanol–water partition coefficient (Wildman–Crippen LogP) is 3.40. The molecule has 1 saturated heterocycles. The standard InChI is InChI=1S/C19H28N2O2S/c1-6-20(12-14-7-9-16(24-5)10-8-14)18(23)15-11-17(22)21(13-15)19(2,3)4/h7-10,15H,6,11-13H2,1-5H3/t15-/m0/s1. The fourth-order valence-electron chi connectivity index (χ4n) is 3.08. The van der Waals surface area contributed by atoms with Gasteiger partial charge < -0.3 is 9.80 Å². The molecule has 1 aromatic carbocycles. The number of carbonyl (C=O) groups excluding carboxylic acids is 2. The van der Waals surface area contributed by atoms with E-state index in [1.165, 1.54) is 4.90 Å². The van der Waals surface area contributed by atoms with Gasteiger partial charge in [-0.2, -0.15) is 0 Å². The molecule has 0 unspecified atom stereocenters. The number of amides is 2. The van der Waals surface area contributed by atoms with Crippen molar-refractivity contribution in [3.05, 3.63) is 29.8 Å². The van der Waals surface area contributed by atoms with Crippen molar-refractivity contribution in [3.63, 3.8) is 0 Å². The van der Waals surface area contributed by atoms with Gasteiger partial charge in [0.15, 0.2) is 0 Å². The number of rotatable bonds is 5. The van der Waals surface area contributed by atoms with E-state index in [2.05, 4.69) is 30.5 Å². The van der Waals surface area contributed by atoms with Crippen molar-refractivity contribution in [1.29, 1.82) is 0 Å². The highest BCUT2D eigenvalue weighted by molar-refractivity contribution is 7.98. The zero-order valence-electron chi connectivity index (χ0n) is 15.3. The smallest absolute Gasteiger partial charge is 0.228 e. The van der Waals surface area contributed by atoms with E-state index >= 15 is 0 Å². The molecule has 1 heterocycles. The van der Waals surface area contributed by atoms with E-state index < -0.39 is 0 Å². The van der Waals surface area contributed by atoms with Crippen LogP contribution >= 0.6 is 11.8 Å². The summed E-state index contributed by atoms with van der Waals surface area (Å²) >= 11 is 1.71. The molecule has 0 N–H and O–H groups in total. The SMILES string of the molecule is CCN(Cc1ccc(SC)cc1)C(=O)[C@H]1CC(=O)N(C(C)(C)C)C1. The van der Waals surface area contributed by atoms with Crippen LogP contribution in [0, 0.1) is 5.92 Å². The lowest BCUT2D eigenvalue weighted by Gasteiger charge is -2.32. The first kappa shape index (κ1) is 18.8. The van der Waals surface area contributed by atoms with E-state index in [9.17, 15) is 9.59 Å². The van der Waals surface area contributed by atoms with Gasteiger partial charge in [0.2, 0.25) is 11.8 Å². The monoisotopic (exact) mass is 348 g/mol. The van der Waals surface area contributed by atoms with Gasteiger partial charge >= 0.3 is 0 Å². The Hall–Kier alpha value is -1.49. The number of hydrogen-bond acceptors (Lipinski definition) is 3. The quantitative estimate of drug-likeness (QED) is 0.766. The summed E-state index contributed by atoms with van der Waals surface area (Å²) in [4.78, 5) is 30.0. The molecule has 4 nitrogen and oxygen atoms in total. The fraction of sp³-hybridized carbons (Fsp3) is 0.579. The number of carbonyl (C=O) groups is 2. The van der Waals surface area contributed by atoms with Crippen LogP contribution in [0.5, 0.6) is 0 Å². The van der Waals surface area contributed by atoms with Crippen molar-refractivity contribution in [2.24, 2.45) is 5.92 Å². The van der Waals surface area contributed by atoms with E-state index in [1.807, 2.05) is 37.5 Å². The van der Waals surface area contributed by atoms with Crippen LogP contribution in [0.4, 0.5) is 0 Å². The van der Waals surface area contributed by atoms with Crippen molar-refractivity contribution in [1.82, 2.24) is 9.80 Å². The van der Waals surface area contributed by atoms with Gasteiger partial charge in [0, 0.05) is 36.5 Å². The maximum Gasteiger partial charge on any atom is 0.228 e. The molecule has 24 heavy (non-hydrogen) atoms. The molecule has 1 fully saturated rings. The first-order valence-electron chi connectivity index (χ1n) is 8.48. The number of thioether (sulfide) groups is 1. The fourth-order valence-corrected chi connectivity index (χ4v) is 3.48. The second-order valence-electron chi connectivity index (χ2n) is 7.28. The van der Waals surface area contributed by atoms with Crippen molar-refractivity contribution in [3.8, 4) is 0 Å². The van der Waals surface area contributed by atoms with Crippen LogP contribution in [0.15, 0.2) is 29.2 Å². The van der Waals surface area contributed by atoms with E-state index in [0.717, 1.165) is 5.56 Å². The second kappa shape index (κ2) is 7.60. The van der Waals surface area contributed by atoms with Gasteiger partial charge in [0.25, 0.3) is 0 Å². The minimum absolute atomic E-state index is 0.0845. The van der Waals surface area contributed by atoms with Crippen LogP contribution in [0.2, 0.25) is 0 Å². The largest absolute Gasteiger partial charge is 0.338 e. The summed E-state index contributed by atoms with van der Waals surface area (Å²) < 4.78 is 0. The predicted molar refractivity (Wildman–Crippen MR) is 98.9 cm³/mol. The maximum absolute atomic E-state index is 12.9. The summed E-state index contributed by atoms with van der Waals surface area (Å²) in [5.74, 6) is -0.0464. The maximum atomic E-state index is 12.9. The summed E-state index contributed by atoms with van der Waals surface area (Å²) in [6, 6.07) is 8.31. The molecule has 0 aliphatic carbocycles. The van der Waals surface area contributed by atoms with Crippen LogP contribution in [0.25, 0.3) is 0 Å². The van der Waals surface area contributed by atoms with Crippen LogP contribution in [-0.2, 0) is 16.1 Å². The molecule has 132 valence electrons. The van der Waals surface area contributed by atoms with E-state index in [1.54, 1.807) is 11.8 Å². The zero-order chi connectivity index (χ0) is 17.9. The van der Waals surface area contributed by atoms with Crippen molar-refractivity contribution < 1.29 is 9.59 Å². The highest BCUT2D eigenvalue weighted by Gasteiger charge is 2.40. The molecule has 2 rings (SSSR count). The number of nitrogens with zero attached hydrogens (tertiary/aromatic N) is 2. The van der Waals surface area contributed by atoms with Gasteiger partial charge in [-0.15, -0.1) is 11.8 Å². The van der Waals surface area contributed by atoms with Gasteiger partial charge in [-0.25, -0.2) is 0 Å². The molecule has 1 aromatic rings. The lowest BCUT2D eigenvalue weighted by atomic mass is 10.1. The second-order valence-corrected chi connectivity index (χ2v) is 8.16. The van der Waals surface area contributed by atoms with E-state index in [4.69, 9.17) is 0 Å². The topological polar surface area (TPSA) is 40.6 Å². The normalized spacial score (nSPS) is 18.1. The summed E-state index contributed by atoms with van der Waals surface area (Å²) in [5, 5.41) is 0. The van der Waals surface area contributed by atoms with Crippen LogP contribution in [0.1, 0.15) is 39.7 Å². The lowest BCUT2D eigenvalue weighted by molar-refractivity contribution is -0.136. The Morgan fingerprint density at radius 1 is 1.29 bits per heavy atom. The minimum atomic E-state index is -0.225. The van der Waals surface area contributed by atoms with Crippen molar-refractivity contribution in [2.75, 3.05) is 19.3 Å². The van der Waals surface area contributed by atoms with E-state index in [-0.39, 0.29) is 23.3 Å². The zero-order valence-corrected chi connectivity index (χ0v) is 16.2. The molecule has 1 aliphatic rings. The first-order chi connectivity index (χ1) is 11.3. The Kier molecular flexibility index (Phi) is 5.97. The minimum Gasteiger partial charge on any atom is -0.338 e. The molecule has 2 amide bonds. The average molecular weight is 349 g/mol. The Morgan fingerprint density at radius 3 is 2.38 bits per heavy atom. The Bertz CT molecular complexity index is 592. The van der Waals surface area contributed by atoms with Gasteiger partial charge in [-0.1, -0.05) is 12.1 Å². The Morgan fingerprint density at radius 2 is 1.92 bits per heavy atom. The van der Waals surface area contributed by atoms with Gasteiger partial charge in [-0.05, 0) is 51.6 Å². The molecule has 0 radical (unpaired) electrons. The first-order valence-corrected chi connectivity index (χ1v) is 9.71. The summed E-state index contributed by atoms with van der Waals surface area (Å²) in [6.45, 7) is 9.83. The molecule has 0 spiro atoms. The summed E-state index contributed by atoms with van der Waals surface area (Å²) in [5.41, 5.74) is 0.900. The molecule has 0 saturated carbocycles. The van der Waals surface area contributed by atoms with Crippen molar-refractivity contribution >= 4 is 23.6 Å². The molecule has 5 heteroatoms. The third kappa shape index (κ3) is 4.32. The van der Waals surface area contributed by atoms with Crippen molar-refractivity contribution in [2.45, 2.75) is 51.1 Å². The van der Waals surface area contributed by atoms with Gasteiger partial charge in [0.1, 0.15) is 0 Å². The molecular formula is C19H28N2O2S.